The second kappa shape index (κ2) is 10.8. The first-order valence-corrected chi connectivity index (χ1v) is 12.3. The molecule has 0 unspecified atom stereocenters. The van der Waals surface area contributed by atoms with Crippen molar-refractivity contribution in [1.82, 2.24) is 15.2 Å². The van der Waals surface area contributed by atoms with Gasteiger partial charge in [0.1, 0.15) is 6.04 Å². The number of thiazole rings is 1. The van der Waals surface area contributed by atoms with E-state index >= 15 is 0 Å². The molecule has 34 heavy (non-hydrogen) atoms. The van der Waals surface area contributed by atoms with Crippen LogP contribution in [0, 0.1) is 18.3 Å². The number of hydrogen-bond acceptors (Lipinski definition) is 6. The Labute approximate surface area is 203 Å². The Morgan fingerprint density at radius 1 is 1.26 bits per heavy atom. The summed E-state index contributed by atoms with van der Waals surface area (Å²) in [5.74, 6) is -0.594. The third-order valence-electron chi connectivity index (χ3n) is 6.40. The first-order valence-electron chi connectivity index (χ1n) is 11.4. The van der Waals surface area contributed by atoms with Gasteiger partial charge in [0.2, 0.25) is 5.91 Å². The van der Waals surface area contributed by atoms with Gasteiger partial charge in [-0.05, 0) is 31.4 Å². The monoisotopic (exact) mass is 476 g/mol. The number of nitrogens with one attached hydrogen (secondary N) is 1. The molecule has 0 bridgehead atoms. The van der Waals surface area contributed by atoms with Gasteiger partial charge in [0.05, 0.1) is 29.8 Å². The van der Waals surface area contributed by atoms with E-state index in [4.69, 9.17) is 5.26 Å². The Morgan fingerprint density at radius 3 is 2.74 bits per heavy atom. The lowest BCUT2D eigenvalue weighted by atomic mass is 9.95. The fourth-order valence-electron chi connectivity index (χ4n) is 4.45. The molecular formula is C26H28N4O3S. The molecule has 2 N–H and O–H groups in total. The molecule has 176 valence electrons. The number of likely N-dealkylation sites (tertiary alicyclic amines) is 1. The summed E-state index contributed by atoms with van der Waals surface area (Å²) in [6.07, 6.45) is 6.50. The van der Waals surface area contributed by atoms with E-state index < -0.39 is 12.1 Å². The quantitative estimate of drug-likeness (QED) is 0.639. The van der Waals surface area contributed by atoms with Crippen LogP contribution >= 0.6 is 11.3 Å². The van der Waals surface area contributed by atoms with Gasteiger partial charge in [0.25, 0.3) is 5.91 Å². The Bertz CT molecular complexity index is 1180. The van der Waals surface area contributed by atoms with Crippen molar-refractivity contribution in [3.05, 3.63) is 74.8 Å². The van der Waals surface area contributed by atoms with Crippen LogP contribution in [0.2, 0.25) is 0 Å². The molecule has 0 spiro atoms. The number of β-amino-alcohol motifs (C(OH)–C–C–N with tert-alkyl or cyclic N) is 1. The maximum atomic E-state index is 13.2. The molecule has 1 aliphatic heterocycles. The van der Waals surface area contributed by atoms with E-state index in [1.54, 1.807) is 35.6 Å². The summed E-state index contributed by atoms with van der Waals surface area (Å²) in [6, 6.07) is 8.27. The van der Waals surface area contributed by atoms with Gasteiger partial charge in [-0.1, -0.05) is 41.5 Å². The zero-order valence-corrected chi connectivity index (χ0v) is 20.0. The fraction of sp³-hybridized carbons (Fsp3) is 0.385. The molecule has 1 aromatic carbocycles. The number of allylic oxidation sites excluding steroid dienone is 3. The van der Waals surface area contributed by atoms with Crippen molar-refractivity contribution in [1.29, 1.82) is 5.26 Å². The van der Waals surface area contributed by atoms with Crippen LogP contribution in [0.15, 0.2) is 53.1 Å². The molecule has 1 fully saturated rings. The summed E-state index contributed by atoms with van der Waals surface area (Å²) in [5, 5.41) is 22.2. The molecule has 0 saturated carbocycles. The van der Waals surface area contributed by atoms with E-state index in [1.165, 1.54) is 15.4 Å². The largest absolute Gasteiger partial charge is 0.391 e. The molecule has 2 aromatic rings. The van der Waals surface area contributed by atoms with Gasteiger partial charge in [-0.2, -0.15) is 5.26 Å². The highest BCUT2D eigenvalue weighted by Crippen LogP contribution is 2.25. The molecule has 2 aliphatic rings. The second-order valence-corrected chi connectivity index (χ2v) is 9.70. The van der Waals surface area contributed by atoms with Crippen molar-refractivity contribution >= 4 is 23.2 Å². The molecule has 1 aromatic heterocycles. The van der Waals surface area contributed by atoms with Crippen LogP contribution in [-0.2, 0) is 17.6 Å². The highest BCUT2D eigenvalue weighted by atomic mass is 32.1. The van der Waals surface area contributed by atoms with Gasteiger partial charge in [-0.3, -0.25) is 9.59 Å². The van der Waals surface area contributed by atoms with Crippen LogP contribution in [0.4, 0.5) is 0 Å². The number of carbonyl (C=O) groups excluding carboxylic acids is 2. The molecule has 8 heteroatoms. The lowest BCUT2D eigenvalue weighted by Crippen LogP contribution is -2.46. The second-order valence-electron chi connectivity index (χ2n) is 8.76. The normalized spacial score (nSPS) is 19.9. The van der Waals surface area contributed by atoms with Crippen LogP contribution in [0.5, 0.6) is 0 Å². The summed E-state index contributed by atoms with van der Waals surface area (Å²) in [7, 11) is 0. The highest BCUT2D eigenvalue weighted by Gasteiger charge is 2.39. The Kier molecular flexibility index (Phi) is 7.56. The van der Waals surface area contributed by atoms with Crippen LogP contribution in [-0.4, -0.2) is 52.0 Å². The number of aryl methyl sites for hydroxylation is 1. The average Bonchev–Trinajstić information content (AvgIpc) is 3.43. The topological polar surface area (TPSA) is 106 Å². The summed E-state index contributed by atoms with van der Waals surface area (Å²) in [4.78, 5) is 33.2. The van der Waals surface area contributed by atoms with Gasteiger partial charge in [-0.15, -0.1) is 11.3 Å². The number of nitrogens with zero attached hydrogens (tertiary/aromatic N) is 3. The Hall–Kier alpha value is -3.28. The van der Waals surface area contributed by atoms with Gasteiger partial charge in [-0.25, -0.2) is 4.98 Å². The van der Waals surface area contributed by atoms with E-state index in [1.807, 2.05) is 12.4 Å². The highest BCUT2D eigenvalue weighted by molar-refractivity contribution is 7.09. The van der Waals surface area contributed by atoms with Crippen molar-refractivity contribution < 1.29 is 14.7 Å². The first kappa shape index (κ1) is 23.9. The predicted octanol–water partition coefficient (Wildman–Crippen LogP) is 3.10. The van der Waals surface area contributed by atoms with Crippen molar-refractivity contribution in [2.45, 2.75) is 51.2 Å². The molecular weight excluding hydrogens is 448 g/mol. The standard InChI is InChI=1S/C26H28N4O3S/c1-17-24(34-16-29-17)12-18-6-8-19(9-7-18)14-28-25(32)23-13-21(31)15-30(23)26(33)22-5-3-2-4-20(22)10-11-27/h2-6,8,16,21,23,31H,7,9-10,12-15H2,1H3,(H,28,32)/t21-,23+/m1/s1. The SMILES string of the molecule is Cc1ncsc1CC1=CC=C(CNC(=O)[C@@H]2C[C@@H](O)CN2C(=O)c2ccccc2CC#N)CC1. The fourth-order valence-corrected chi connectivity index (χ4v) is 5.28. The molecule has 4 rings (SSSR count). The predicted molar refractivity (Wildman–Crippen MR) is 130 cm³/mol. The van der Waals surface area contributed by atoms with Crippen LogP contribution in [0.1, 0.15) is 45.8 Å². The minimum Gasteiger partial charge on any atom is -0.391 e. The van der Waals surface area contributed by atoms with Crippen molar-refractivity contribution in [2.24, 2.45) is 0 Å². The maximum absolute atomic E-state index is 13.2. The number of aliphatic hydroxyl groups excluding tert-OH is 1. The summed E-state index contributed by atoms with van der Waals surface area (Å²) in [5.41, 5.74) is 6.48. The average molecular weight is 477 g/mol. The molecule has 2 amide bonds. The smallest absolute Gasteiger partial charge is 0.254 e. The molecule has 1 aliphatic carbocycles. The van der Waals surface area contributed by atoms with E-state index in [9.17, 15) is 14.7 Å². The molecule has 0 radical (unpaired) electrons. The van der Waals surface area contributed by atoms with Crippen LogP contribution in [0.25, 0.3) is 0 Å². The third kappa shape index (κ3) is 5.44. The maximum Gasteiger partial charge on any atom is 0.254 e. The zero-order valence-electron chi connectivity index (χ0n) is 19.2. The number of hydrogen-bond donors (Lipinski definition) is 2. The molecule has 7 nitrogen and oxygen atoms in total. The number of amides is 2. The number of aromatic nitrogens is 1. The van der Waals surface area contributed by atoms with E-state index in [0.29, 0.717) is 17.7 Å². The minimum absolute atomic E-state index is 0.101. The Balaban J connectivity index is 1.38. The van der Waals surface area contributed by atoms with Gasteiger partial charge >= 0.3 is 0 Å². The van der Waals surface area contributed by atoms with Crippen molar-refractivity contribution in [3.63, 3.8) is 0 Å². The van der Waals surface area contributed by atoms with E-state index in [2.05, 4.69) is 28.5 Å². The van der Waals surface area contributed by atoms with Crippen molar-refractivity contribution in [3.8, 4) is 6.07 Å². The zero-order chi connectivity index (χ0) is 24.1. The van der Waals surface area contributed by atoms with E-state index in [0.717, 1.165) is 30.5 Å². The number of rotatable bonds is 7. The lowest BCUT2D eigenvalue weighted by molar-refractivity contribution is -0.124. The summed E-state index contributed by atoms with van der Waals surface area (Å²) < 4.78 is 0. The van der Waals surface area contributed by atoms with Crippen molar-refractivity contribution in [2.75, 3.05) is 13.1 Å². The lowest BCUT2D eigenvalue weighted by Gasteiger charge is -2.25. The van der Waals surface area contributed by atoms with Crippen LogP contribution in [0.3, 0.4) is 0 Å². The summed E-state index contributed by atoms with van der Waals surface area (Å²) >= 11 is 1.68. The number of benzene rings is 1. The minimum atomic E-state index is -0.752. The third-order valence-corrected chi connectivity index (χ3v) is 7.34. The summed E-state index contributed by atoms with van der Waals surface area (Å²) in [6.45, 7) is 2.55. The first-order chi connectivity index (χ1) is 16.5. The van der Waals surface area contributed by atoms with Gasteiger partial charge < -0.3 is 15.3 Å². The van der Waals surface area contributed by atoms with Gasteiger partial charge in [0, 0.05) is 36.4 Å². The molecule has 1 saturated heterocycles. The van der Waals surface area contributed by atoms with Crippen LogP contribution < -0.4 is 5.32 Å². The molecule has 2 atom stereocenters. The van der Waals surface area contributed by atoms with E-state index in [-0.39, 0.29) is 31.2 Å². The Morgan fingerprint density at radius 2 is 2.03 bits per heavy atom. The number of aliphatic hydroxyl groups is 1. The molecule has 2 heterocycles. The number of carbonyl (C=O) groups is 2. The number of nitriles is 1. The van der Waals surface area contributed by atoms with Gasteiger partial charge in [0.15, 0.2) is 0 Å².